The van der Waals surface area contributed by atoms with Crippen molar-refractivity contribution in [2.24, 2.45) is 17.1 Å². The molecule has 6 heteroatoms. The zero-order chi connectivity index (χ0) is 14.0. The van der Waals surface area contributed by atoms with Gasteiger partial charge in [-0.05, 0) is 62.9 Å². The van der Waals surface area contributed by atoms with Crippen LogP contribution in [0.25, 0.3) is 0 Å². The van der Waals surface area contributed by atoms with Crippen molar-refractivity contribution in [3.05, 3.63) is 0 Å². The van der Waals surface area contributed by atoms with Crippen LogP contribution in [0.5, 0.6) is 0 Å². The number of carbonyl (C=O) groups is 1. The quantitative estimate of drug-likeness (QED) is 0.802. The topological polar surface area (TPSA) is 58.4 Å². The van der Waals surface area contributed by atoms with Gasteiger partial charge in [0.15, 0.2) is 0 Å². The van der Waals surface area contributed by atoms with Crippen molar-refractivity contribution >= 4 is 30.7 Å². The lowest BCUT2D eigenvalue weighted by molar-refractivity contribution is -0.134. The second kappa shape index (κ2) is 8.72. The summed E-state index contributed by atoms with van der Waals surface area (Å²) >= 11 is 0. The van der Waals surface area contributed by atoms with Crippen LogP contribution in [-0.4, -0.2) is 43.0 Å². The van der Waals surface area contributed by atoms with Crippen LogP contribution in [-0.2, 0) is 4.79 Å². The van der Waals surface area contributed by atoms with Gasteiger partial charge in [-0.25, -0.2) is 0 Å². The Balaban J connectivity index is 0.00000121. The van der Waals surface area contributed by atoms with E-state index in [9.17, 15) is 4.79 Å². The third kappa shape index (κ3) is 4.50. The van der Waals surface area contributed by atoms with Gasteiger partial charge in [-0.15, -0.1) is 24.8 Å². The molecule has 3 rings (SSSR count). The molecule has 3 N–H and O–H groups in total. The first-order chi connectivity index (χ1) is 9.69. The Morgan fingerprint density at radius 1 is 1.09 bits per heavy atom. The van der Waals surface area contributed by atoms with Gasteiger partial charge in [-0.3, -0.25) is 4.79 Å². The number of nitrogens with one attached hydrogen (secondary N) is 1. The van der Waals surface area contributed by atoms with Gasteiger partial charge < -0.3 is 16.0 Å². The number of hydrogen-bond donors (Lipinski definition) is 2. The smallest absolute Gasteiger partial charge is 0.222 e. The summed E-state index contributed by atoms with van der Waals surface area (Å²) in [6, 6.07) is 0.263. The largest absolute Gasteiger partial charge is 0.343 e. The molecule has 0 radical (unpaired) electrons. The minimum absolute atomic E-state index is 0. The second-order valence-corrected chi connectivity index (χ2v) is 7.19. The molecular weight excluding hydrogens is 321 g/mol. The van der Waals surface area contributed by atoms with E-state index in [0.29, 0.717) is 23.7 Å². The van der Waals surface area contributed by atoms with Gasteiger partial charge in [-0.1, -0.05) is 6.42 Å². The minimum Gasteiger partial charge on any atom is -0.343 e. The molecule has 22 heavy (non-hydrogen) atoms. The number of hydrogen-bond acceptors (Lipinski definition) is 3. The molecule has 2 saturated heterocycles. The Kier molecular flexibility index (Phi) is 7.93. The zero-order valence-corrected chi connectivity index (χ0v) is 15.0. The van der Waals surface area contributed by atoms with E-state index in [2.05, 4.69) is 10.2 Å². The Bertz CT molecular complexity index is 351. The summed E-state index contributed by atoms with van der Waals surface area (Å²) in [6.07, 6.45) is 9.15. The third-order valence-corrected chi connectivity index (χ3v) is 6.00. The normalized spacial score (nSPS) is 30.5. The molecular formula is C16H31Cl2N3O. The first-order valence-corrected chi connectivity index (χ1v) is 8.43. The lowest BCUT2D eigenvalue weighted by atomic mass is 9.71. The molecule has 2 atom stereocenters. The summed E-state index contributed by atoms with van der Waals surface area (Å²) in [5, 5.41) is 3.45. The standard InChI is InChI=1S/C16H29N3O.2ClH/c17-14-3-1-2-13(14)12-15(20)19-10-6-16(7-11-19)4-8-18-9-5-16;;/h13-14,18H,1-12,17H2;2*1H/t13-,14+;;/m0../s1. The molecule has 4 nitrogen and oxygen atoms in total. The van der Waals surface area contributed by atoms with Crippen molar-refractivity contribution in [2.75, 3.05) is 26.2 Å². The average Bonchev–Trinajstić information content (AvgIpc) is 2.86. The van der Waals surface area contributed by atoms with Gasteiger partial charge in [0.2, 0.25) is 5.91 Å². The van der Waals surface area contributed by atoms with Gasteiger partial charge in [-0.2, -0.15) is 0 Å². The number of piperidine rings is 2. The molecule has 2 aliphatic heterocycles. The number of rotatable bonds is 2. The van der Waals surface area contributed by atoms with Crippen LogP contribution >= 0.6 is 24.8 Å². The van der Waals surface area contributed by atoms with E-state index in [1.807, 2.05) is 0 Å². The van der Waals surface area contributed by atoms with Crippen LogP contribution in [0.3, 0.4) is 0 Å². The highest BCUT2D eigenvalue weighted by atomic mass is 35.5. The van der Waals surface area contributed by atoms with Crippen LogP contribution in [0.15, 0.2) is 0 Å². The van der Waals surface area contributed by atoms with Crippen molar-refractivity contribution in [3.63, 3.8) is 0 Å². The summed E-state index contributed by atoms with van der Waals surface area (Å²) in [6.45, 7) is 4.26. The van der Waals surface area contributed by atoms with E-state index in [1.54, 1.807) is 0 Å². The number of nitrogens with zero attached hydrogens (tertiary/aromatic N) is 1. The number of likely N-dealkylation sites (tertiary alicyclic amines) is 1. The molecule has 2 heterocycles. The van der Waals surface area contributed by atoms with Crippen molar-refractivity contribution in [1.29, 1.82) is 0 Å². The monoisotopic (exact) mass is 351 g/mol. The van der Waals surface area contributed by atoms with Gasteiger partial charge in [0.1, 0.15) is 0 Å². The summed E-state index contributed by atoms with van der Waals surface area (Å²) in [4.78, 5) is 14.5. The van der Waals surface area contributed by atoms with Gasteiger partial charge in [0.25, 0.3) is 0 Å². The van der Waals surface area contributed by atoms with Gasteiger partial charge in [0, 0.05) is 25.6 Å². The summed E-state index contributed by atoms with van der Waals surface area (Å²) < 4.78 is 0. The molecule has 1 spiro atoms. The summed E-state index contributed by atoms with van der Waals surface area (Å²) in [5.41, 5.74) is 6.62. The van der Waals surface area contributed by atoms with E-state index >= 15 is 0 Å². The highest BCUT2D eigenvalue weighted by molar-refractivity contribution is 5.85. The summed E-state index contributed by atoms with van der Waals surface area (Å²) in [7, 11) is 0. The SMILES string of the molecule is Cl.Cl.N[C@@H]1CCC[C@H]1CC(=O)N1CCC2(CCNCC2)CC1. The van der Waals surface area contributed by atoms with Crippen molar-refractivity contribution in [1.82, 2.24) is 10.2 Å². The zero-order valence-electron chi connectivity index (χ0n) is 13.4. The first kappa shape index (κ1) is 20.0. The Labute approximate surface area is 146 Å². The Morgan fingerprint density at radius 2 is 1.73 bits per heavy atom. The fourth-order valence-electron chi connectivity index (χ4n) is 4.36. The lowest BCUT2D eigenvalue weighted by Crippen LogP contribution is -2.47. The predicted molar refractivity (Wildman–Crippen MR) is 94.8 cm³/mol. The maximum Gasteiger partial charge on any atom is 0.222 e. The number of nitrogens with two attached hydrogens (primary N) is 1. The fraction of sp³-hybridized carbons (Fsp3) is 0.938. The second-order valence-electron chi connectivity index (χ2n) is 7.19. The molecule has 3 aliphatic rings. The van der Waals surface area contributed by atoms with E-state index < -0.39 is 0 Å². The maximum atomic E-state index is 12.4. The van der Waals surface area contributed by atoms with E-state index in [1.165, 1.54) is 32.1 Å². The van der Waals surface area contributed by atoms with E-state index in [4.69, 9.17) is 5.73 Å². The van der Waals surface area contributed by atoms with Gasteiger partial charge >= 0.3 is 0 Å². The molecule has 3 fully saturated rings. The molecule has 0 aromatic heterocycles. The number of halogens is 2. The molecule has 1 saturated carbocycles. The number of carbonyl (C=O) groups excluding carboxylic acids is 1. The molecule has 130 valence electrons. The Morgan fingerprint density at radius 3 is 2.27 bits per heavy atom. The first-order valence-electron chi connectivity index (χ1n) is 8.43. The average molecular weight is 352 g/mol. The maximum absolute atomic E-state index is 12.4. The molecule has 0 aromatic rings. The van der Waals surface area contributed by atoms with Gasteiger partial charge in [0.05, 0.1) is 0 Å². The van der Waals surface area contributed by atoms with E-state index in [-0.39, 0.29) is 30.9 Å². The number of amides is 1. The van der Waals surface area contributed by atoms with Crippen LogP contribution in [0.1, 0.15) is 51.4 Å². The molecule has 1 aliphatic carbocycles. The van der Waals surface area contributed by atoms with Crippen LogP contribution in [0, 0.1) is 11.3 Å². The van der Waals surface area contributed by atoms with Crippen LogP contribution in [0.2, 0.25) is 0 Å². The highest BCUT2D eigenvalue weighted by Gasteiger charge is 2.37. The minimum atomic E-state index is 0. The lowest BCUT2D eigenvalue weighted by Gasteiger charge is -2.44. The molecule has 0 bridgehead atoms. The van der Waals surface area contributed by atoms with Crippen molar-refractivity contribution < 1.29 is 4.79 Å². The van der Waals surface area contributed by atoms with Crippen LogP contribution in [0.4, 0.5) is 0 Å². The summed E-state index contributed by atoms with van der Waals surface area (Å²) in [5.74, 6) is 0.799. The van der Waals surface area contributed by atoms with Crippen molar-refractivity contribution in [3.8, 4) is 0 Å². The Hall–Kier alpha value is -0.0300. The molecule has 1 amide bonds. The van der Waals surface area contributed by atoms with Crippen molar-refractivity contribution in [2.45, 2.75) is 57.4 Å². The fourth-order valence-corrected chi connectivity index (χ4v) is 4.36. The van der Waals surface area contributed by atoms with Crippen LogP contribution < -0.4 is 11.1 Å². The highest BCUT2D eigenvalue weighted by Crippen LogP contribution is 2.39. The predicted octanol–water partition coefficient (Wildman–Crippen LogP) is 2.34. The van der Waals surface area contributed by atoms with E-state index in [0.717, 1.165) is 39.0 Å². The molecule has 0 aromatic carbocycles. The molecule has 0 unspecified atom stereocenters. The third-order valence-electron chi connectivity index (χ3n) is 6.00.